The highest BCUT2D eigenvalue weighted by atomic mass is 35.5. The van der Waals surface area contributed by atoms with Crippen LogP contribution in [-0.4, -0.2) is 11.1 Å². The van der Waals surface area contributed by atoms with Gasteiger partial charge in [-0.2, -0.15) is 0 Å². The number of carbonyl (C=O) groups excluding carboxylic acids is 1. The van der Waals surface area contributed by atoms with Crippen LogP contribution in [0.5, 0.6) is 5.75 Å². The number of phenolic OH excluding ortho intramolecular Hbond substituents is 1. The number of hydrogen-bond acceptors (Lipinski definition) is 3. The largest absolute Gasteiger partial charge is 0.506 e. The molecule has 1 aromatic carbocycles. The molecule has 1 N–H and O–H groups in total. The summed E-state index contributed by atoms with van der Waals surface area (Å²) >= 11 is 5.68. The quantitative estimate of drug-likeness (QED) is 0.637. The van der Waals surface area contributed by atoms with Crippen LogP contribution in [0.15, 0.2) is 30.4 Å². The highest BCUT2D eigenvalue weighted by Crippen LogP contribution is 2.23. The summed E-state index contributed by atoms with van der Waals surface area (Å²) in [6.45, 7) is 5.15. The first kappa shape index (κ1) is 11.6. The number of ether oxygens (including phenoxy) is 1. The average molecular weight is 227 g/mol. The molecule has 1 aromatic rings. The Morgan fingerprint density at radius 1 is 1.60 bits per heavy atom. The molecule has 0 aliphatic rings. The second-order valence-corrected chi connectivity index (χ2v) is 3.55. The summed E-state index contributed by atoms with van der Waals surface area (Å²) in [4.78, 5) is 11.1. The summed E-state index contributed by atoms with van der Waals surface area (Å²) < 4.78 is 4.91. The van der Waals surface area contributed by atoms with Crippen LogP contribution in [0.25, 0.3) is 0 Å². The van der Waals surface area contributed by atoms with E-state index in [1.165, 1.54) is 6.07 Å². The van der Waals surface area contributed by atoms with Crippen molar-refractivity contribution in [2.24, 2.45) is 0 Å². The molecule has 0 radical (unpaired) electrons. The molecule has 0 saturated heterocycles. The fourth-order valence-corrected chi connectivity index (χ4v) is 1.12. The zero-order valence-electron chi connectivity index (χ0n) is 8.29. The van der Waals surface area contributed by atoms with Crippen LogP contribution in [0.2, 0.25) is 5.02 Å². The van der Waals surface area contributed by atoms with Gasteiger partial charge < -0.3 is 9.84 Å². The number of aromatic hydroxyl groups is 1. The molecule has 0 aromatic heterocycles. The lowest BCUT2D eigenvalue weighted by molar-refractivity contribution is -0.140. The van der Waals surface area contributed by atoms with Crippen LogP contribution >= 0.6 is 11.6 Å². The van der Waals surface area contributed by atoms with Gasteiger partial charge in [0.1, 0.15) is 12.4 Å². The van der Waals surface area contributed by atoms with E-state index in [1.807, 2.05) is 0 Å². The van der Waals surface area contributed by atoms with Crippen LogP contribution in [0, 0.1) is 0 Å². The van der Waals surface area contributed by atoms with E-state index >= 15 is 0 Å². The molecule has 15 heavy (non-hydrogen) atoms. The molecule has 0 fully saturated rings. The Kier molecular flexibility index (Phi) is 3.74. The lowest BCUT2D eigenvalue weighted by Crippen LogP contribution is -2.04. The van der Waals surface area contributed by atoms with Crippen molar-refractivity contribution in [3.63, 3.8) is 0 Å². The van der Waals surface area contributed by atoms with Gasteiger partial charge in [0.15, 0.2) is 0 Å². The third kappa shape index (κ3) is 3.29. The molecule has 1 rings (SSSR count). The van der Waals surface area contributed by atoms with Crippen molar-refractivity contribution in [2.45, 2.75) is 13.5 Å². The molecule has 0 heterocycles. The molecular formula is C11H11ClO3. The van der Waals surface area contributed by atoms with E-state index in [4.69, 9.17) is 21.4 Å². The molecule has 3 nitrogen and oxygen atoms in total. The van der Waals surface area contributed by atoms with Gasteiger partial charge in [0.05, 0.1) is 5.02 Å². The van der Waals surface area contributed by atoms with E-state index in [-0.39, 0.29) is 17.4 Å². The van der Waals surface area contributed by atoms with Crippen molar-refractivity contribution in [3.8, 4) is 5.75 Å². The predicted octanol–water partition coefficient (Wildman–Crippen LogP) is 2.66. The molecular weight excluding hydrogens is 216 g/mol. The van der Waals surface area contributed by atoms with Gasteiger partial charge in [0.25, 0.3) is 0 Å². The van der Waals surface area contributed by atoms with Crippen LogP contribution in [0.1, 0.15) is 12.5 Å². The van der Waals surface area contributed by atoms with Crippen LogP contribution in [0.3, 0.4) is 0 Å². The van der Waals surface area contributed by atoms with Crippen molar-refractivity contribution >= 4 is 17.6 Å². The lowest BCUT2D eigenvalue weighted by atomic mass is 10.2. The van der Waals surface area contributed by atoms with Gasteiger partial charge >= 0.3 is 5.97 Å². The standard InChI is InChI=1S/C11H11ClO3/c1-7(2)11(14)15-6-8-3-4-10(13)9(12)5-8/h3-5,13H,1,6H2,2H3. The van der Waals surface area contributed by atoms with Crippen molar-refractivity contribution in [1.29, 1.82) is 0 Å². The maximum atomic E-state index is 11.1. The fourth-order valence-electron chi connectivity index (χ4n) is 0.912. The number of phenols is 1. The van der Waals surface area contributed by atoms with Crippen molar-refractivity contribution in [1.82, 2.24) is 0 Å². The Balaban J connectivity index is 2.62. The average Bonchev–Trinajstić information content (AvgIpc) is 2.19. The lowest BCUT2D eigenvalue weighted by Gasteiger charge is -2.05. The zero-order chi connectivity index (χ0) is 11.4. The first-order valence-corrected chi connectivity index (χ1v) is 4.68. The van der Waals surface area contributed by atoms with E-state index in [2.05, 4.69) is 6.58 Å². The maximum Gasteiger partial charge on any atom is 0.333 e. The van der Waals surface area contributed by atoms with Gasteiger partial charge in [-0.1, -0.05) is 24.2 Å². The topological polar surface area (TPSA) is 46.5 Å². The number of benzene rings is 1. The molecule has 4 heteroatoms. The number of hydrogen-bond donors (Lipinski definition) is 1. The Morgan fingerprint density at radius 3 is 2.80 bits per heavy atom. The van der Waals surface area contributed by atoms with Crippen LogP contribution < -0.4 is 0 Å². The molecule has 0 spiro atoms. The minimum absolute atomic E-state index is 0.00615. The molecule has 0 unspecified atom stereocenters. The Bertz CT molecular complexity index is 399. The minimum atomic E-state index is -0.445. The molecule has 0 atom stereocenters. The van der Waals surface area contributed by atoms with Gasteiger partial charge in [-0.05, 0) is 24.6 Å². The van der Waals surface area contributed by atoms with Gasteiger partial charge in [0, 0.05) is 5.57 Å². The summed E-state index contributed by atoms with van der Waals surface area (Å²) in [6.07, 6.45) is 0. The van der Waals surface area contributed by atoms with Crippen molar-refractivity contribution in [3.05, 3.63) is 40.9 Å². The molecule has 0 amide bonds. The molecule has 0 saturated carbocycles. The fraction of sp³-hybridized carbons (Fsp3) is 0.182. The number of esters is 1. The van der Waals surface area contributed by atoms with Crippen LogP contribution in [-0.2, 0) is 16.1 Å². The highest BCUT2D eigenvalue weighted by Gasteiger charge is 2.05. The van der Waals surface area contributed by atoms with Gasteiger partial charge in [-0.3, -0.25) is 0 Å². The second-order valence-electron chi connectivity index (χ2n) is 3.14. The smallest absolute Gasteiger partial charge is 0.333 e. The zero-order valence-corrected chi connectivity index (χ0v) is 9.04. The van der Waals surface area contributed by atoms with Gasteiger partial charge in [0.2, 0.25) is 0 Å². The predicted molar refractivity (Wildman–Crippen MR) is 57.7 cm³/mol. The summed E-state index contributed by atoms with van der Waals surface area (Å²) in [6, 6.07) is 4.63. The third-order valence-corrected chi connectivity index (χ3v) is 2.03. The summed E-state index contributed by atoms with van der Waals surface area (Å²) in [7, 11) is 0. The molecule has 0 aliphatic carbocycles. The SMILES string of the molecule is C=C(C)C(=O)OCc1ccc(O)c(Cl)c1. The second kappa shape index (κ2) is 4.84. The van der Waals surface area contributed by atoms with E-state index in [0.29, 0.717) is 11.1 Å². The monoisotopic (exact) mass is 226 g/mol. The van der Waals surface area contributed by atoms with Gasteiger partial charge in [-0.25, -0.2) is 4.79 Å². The summed E-state index contributed by atoms with van der Waals surface area (Å²) in [5.74, 6) is -0.439. The van der Waals surface area contributed by atoms with E-state index in [9.17, 15) is 4.79 Å². The first-order valence-electron chi connectivity index (χ1n) is 4.30. The van der Waals surface area contributed by atoms with Crippen molar-refractivity contribution in [2.75, 3.05) is 0 Å². The Morgan fingerprint density at radius 2 is 2.27 bits per heavy atom. The minimum Gasteiger partial charge on any atom is -0.506 e. The summed E-state index contributed by atoms with van der Waals surface area (Å²) in [5.41, 5.74) is 1.06. The maximum absolute atomic E-state index is 11.1. The molecule has 0 aliphatic heterocycles. The summed E-state index contributed by atoms with van der Waals surface area (Å²) in [5, 5.41) is 9.39. The van der Waals surface area contributed by atoms with E-state index in [1.54, 1.807) is 19.1 Å². The Labute approximate surface area is 92.9 Å². The van der Waals surface area contributed by atoms with Crippen molar-refractivity contribution < 1.29 is 14.6 Å². The first-order chi connectivity index (χ1) is 7.00. The number of halogens is 1. The molecule has 80 valence electrons. The Hall–Kier alpha value is -1.48. The van der Waals surface area contributed by atoms with E-state index < -0.39 is 5.97 Å². The van der Waals surface area contributed by atoms with Crippen LogP contribution in [0.4, 0.5) is 0 Å². The number of carbonyl (C=O) groups is 1. The highest BCUT2D eigenvalue weighted by molar-refractivity contribution is 6.32. The van der Waals surface area contributed by atoms with E-state index in [0.717, 1.165) is 0 Å². The number of rotatable bonds is 3. The van der Waals surface area contributed by atoms with Gasteiger partial charge in [-0.15, -0.1) is 0 Å². The normalized spacial score (nSPS) is 9.73. The third-order valence-electron chi connectivity index (χ3n) is 1.73. The molecule has 0 bridgehead atoms.